The average molecular weight is 372 g/mol. The van der Waals surface area contributed by atoms with Crippen molar-refractivity contribution in [1.82, 2.24) is 23.7 Å². The molecule has 0 N–H and O–H groups in total. The molecule has 0 radical (unpaired) electrons. The molecule has 2 aliphatic heterocycles. The van der Waals surface area contributed by atoms with Gasteiger partial charge in [-0.15, -0.1) is 0 Å². The molecule has 2 saturated heterocycles. The average Bonchev–Trinajstić information content (AvgIpc) is 3.13. The minimum Gasteiger partial charge on any atom is -0.339 e. The molecule has 0 aromatic carbocycles. The van der Waals surface area contributed by atoms with Gasteiger partial charge < -0.3 is 4.52 Å². The van der Waals surface area contributed by atoms with Gasteiger partial charge in [0.2, 0.25) is 5.89 Å². The van der Waals surface area contributed by atoms with Gasteiger partial charge in [-0.25, -0.2) is 0 Å². The van der Waals surface area contributed by atoms with Gasteiger partial charge in [0.25, 0.3) is 10.2 Å². The van der Waals surface area contributed by atoms with Crippen LogP contribution in [0, 0.1) is 5.41 Å². The fourth-order valence-electron chi connectivity index (χ4n) is 3.96. The van der Waals surface area contributed by atoms with Crippen LogP contribution in [0.15, 0.2) is 4.52 Å². The fourth-order valence-corrected chi connectivity index (χ4v) is 5.07. The summed E-state index contributed by atoms with van der Waals surface area (Å²) in [5.74, 6) is 1.66. The summed E-state index contributed by atoms with van der Waals surface area (Å²) in [4.78, 5) is 6.85. The lowest BCUT2D eigenvalue weighted by molar-refractivity contribution is 0.157. The molecule has 1 aromatic heterocycles. The molecule has 0 saturated carbocycles. The van der Waals surface area contributed by atoms with E-state index in [1.54, 1.807) is 18.4 Å². The van der Waals surface area contributed by atoms with Crippen LogP contribution in [0.5, 0.6) is 0 Å². The third kappa shape index (κ3) is 3.47. The Labute approximate surface area is 150 Å². The number of likely N-dealkylation sites (tertiary alicyclic amines) is 1. The Hall–Kier alpha value is -1.03. The van der Waals surface area contributed by atoms with E-state index in [1.807, 2.05) is 13.8 Å². The predicted molar refractivity (Wildman–Crippen MR) is 94.2 cm³/mol. The Kier molecular flexibility index (Phi) is 4.95. The molecule has 2 aliphatic rings. The van der Waals surface area contributed by atoms with Crippen molar-refractivity contribution in [3.63, 3.8) is 0 Å². The Balaban J connectivity index is 1.69. The van der Waals surface area contributed by atoms with Crippen molar-refractivity contribution in [2.75, 3.05) is 40.8 Å². The lowest BCUT2D eigenvalue weighted by Crippen LogP contribution is -2.47. The molecule has 0 amide bonds. The van der Waals surface area contributed by atoms with Gasteiger partial charge in [0.1, 0.15) is 0 Å². The summed E-state index contributed by atoms with van der Waals surface area (Å²) in [5.41, 5.74) is 0.135. The molecule has 9 heteroatoms. The van der Waals surface area contributed by atoms with Gasteiger partial charge in [-0.3, -0.25) is 4.90 Å². The molecule has 2 fully saturated rings. The maximum absolute atomic E-state index is 12.3. The van der Waals surface area contributed by atoms with E-state index in [0.717, 1.165) is 31.6 Å². The largest absolute Gasteiger partial charge is 0.339 e. The lowest BCUT2D eigenvalue weighted by atomic mass is 9.77. The van der Waals surface area contributed by atoms with Crippen molar-refractivity contribution in [3.8, 4) is 0 Å². The first-order valence-electron chi connectivity index (χ1n) is 8.86. The number of piperidine rings is 1. The zero-order valence-corrected chi connectivity index (χ0v) is 16.6. The summed E-state index contributed by atoms with van der Waals surface area (Å²) in [6, 6.07) is 0.147. The van der Waals surface area contributed by atoms with Crippen LogP contribution in [0.1, 0.15) is 56.8 Å². The van der Waals surface area contributed by atoms with Crippen molar-refractivity contribution in [1.29, 1.82) is 0 Å². The standard InChI is InChI=1S/C16H29N5O3S/c1-12(2)15-17-14(18-24-15)13-10-16(11-20(13)5)6-8-21(9-7-16)25(22,23)19(3)4/h12-13H,6-11H2,1-5H3. The number of rotatable bonds is 4. The highest BCUT2D eigenvalue weighted by molar-refractivity contribution is 7.86. The van der Waals surface area contributed by atoms with E-state index < -0.39 is 10.2 Å². The second-order valence-corrected chi connectivity index (χ2v) is 10.1. The van der Waals surface area contributed by atoms with Crippen molar-refractivity contribution >= 4 is 10.2 Å². The van der Waals surface area contributed by atoms with Gasteiger partial charge in [0.05, 0.1) is 6.04 Å². The van der Waals surface area contributed by atoms with E-state index in [0.29, 0.717) is 19.0 Å². The van der Waals surface area contributed by atoms with Gasteiger partial charge in [0.15, 0.2) is 5.82 Å². The summed E-state index contributed by atoms with van der Waals surface area (Å²) >= 11 is 0. The predicted octanol–water partition coefficient (Wildman–Crippen LogP) is 1.46. The Morgan fingerprint density at radius 2 is 1.92 bits per heavy atom. The highest BCUT2D eigenvalue weighted by Crippen LogP contribution is 2.48. The van der Waals surface area contributed by atoms with Crippen LogP contribution in [0.2, 0.25) is 0 Å². The van der Waals surface area contributed by atoms with Gasteiger partial charge in [-0.05, 0) is 31.7 Å². The van der Waals surface area contributed by atoms with Crippen LogP contribution in [-0.2, 0) is 10.2 Å². The summed E-state index contributed by atoms with van der Waals surface area (Å²) in [6.45, 7) is 6.17. The lowest BCUT2D eigenvalue weighted by Gasteiger charge is -2.39. The van der Waals surface area contributed by atoms with Gasteiger partial charge in [0, 0.05) is 39.6 Å². The molecule has 8 nitrogen and oxygen atoms in total. The third-order valence-electron chi connectivity index (χ3n) is 5.56. The summed E-state index contributed by atoms with van der Waals surface area (Å²) in [6.07, 6.45) is 2.70. The summed E-state index contributed by atoms with van der Waals surface area (Å²) in [5, 5.41) is 4.18. The fraction of sp³-hybridized carbons (Fsp3) is 0.875. The molecule has 0 bridgehead atoms. The quantitative estimate of drug-likeness (QED) is 0.797. The Morgan fingerprint density at radius 1 is 1.28 bits per heavy atom. The van der Waals surface area contributed by atoms with E-state index in [1.165, 1.54) is 4.31 Å². The second-order valence-electron chi connectivity index (χ2n) is 7.97. The highest BCUT2D eigenvalue weighted by Gasteiger charge is 2.47. The number of hydrogen-bond acceptors (Lipinski definition) is 6. The maximum Gasteiger partial charge on any atom is 0.281 e. The summed E-state index contributed by atoms with van der Waals surface area (Å²) in [7, 11) is 1.94. The van der Waals surface area contributed by atoms with E-state index in [-0.39, 0.29) is 17.4 Å². The van der Waals surface area contributed by atoms with Crippen LogP contribution in [-0.4, -0.2) is 72.8 Å². The van der Waals surface area contributed by atoms with Crippen LogP contribution < -0.4 is 0 Å². The summed E-state index contributed by atoms with van der Waals surface area (Å²) < 4.78 is 32.9. The topological polar surface area (TPSA) is 82.8 Å². The molecule has 25 heavy (non-hydrogen) atoms. The molecular formula is C16H29N5O3S. The zero-order chi connectivity index (χ0) is 18.4. The second kappa shape index (κ2) is 6.61. The highest BCUT2D eigenvalue weighted by atomic mass is 32.2. The van der Waals surface area contributed by atoms with Crippen molar-refractivity contribution in [3.05, 3.63) is 11.7 Å². The Morgan fingerprint density at radius 3 is 2.44 bits per heavy atom. The molecule has 1 unspecified atom stereocenters. The Bertz CT molecular complexity index is 707. The molecule has 3 heterocycles. The van der Waals surface area contributed by atoms with Crippen LogP contribution in [0.25, 0.3) is 0 Å². The number of hydrogen-bond donors (Lipinski definition) is 0. The maximum atomic E-state index is 12.3. The minimum absolute atomic E-state index is 0.135. The molecular weight excluding hydrogens is 342 g/mol. The van der Waals surface area contributed by atoms with Crippen molar-refractivity contribution in [2.45, 2.75) is 45.1 Å². The van der Waals surface area contributed by atoms with Crippen molar-refractivity contribution in [2.24, 2.45) is 5.41 Å². The smallest absolute Gasteiger partial charge is 0.281 e. The first-order valence-corrected chi connectivity index (χ1v) is 10.3. The van der Waals surface area contributed by atoms with Crippen LogP contribution in [0.3, 0.4) is 0 Å². The van der Waals surface area contributed by atoms with Crippen molar-refractivity contribution < 1.29 is 12.9 Å². The molecule has 142 valence electrons. The first-order chi connectivity index (χ1) is 11.6. The molecule has 1 atom stereocenters. The third-order valence-corrected chi connectivity index (χ3v) is 7.50. The molecule has 1 spiro atoms. The number of nitrogens with zero attached hydrogens (tertiary/aromatic N) is 5. The monoisotopic (exact) mass is 371 g/mol. The van der Waals surface area contributed by atoms with Gasteiger partial charge in [-0.2, -0.15) is 22.0 Å². The van der Waals surface area contributed by atoms with E-state index >= 15 is 0 Å². The minimum atomic E-state index is -3.32. The molecule has 1 aromatic rings. The van der Waals surface area contributed by atoms with E-state index in [4.69, 9.17) is 4.52 Å². The molecule has 3 rings (SSSR count). The van der Waals surface area contributed by atoms with Crippen LogP contribution in [0.4, 0.5) is 0 Å². The molecule has 0 aliphatic carbocycles. The van der Waals surface area contributed by atoms with Gasteiger partial charge in [-0.1, -0.05) is 19.0 Å². The normalized spacial score (nSPS) is 25.5. The number of aromatic nitrogens is 2. The van der Waals surface area contributed by atoms with E-state index in [2.05, 4.69) is 22.1 Å². The van der Waals surface area contributed by atoms with Crippen LogP contribution >= 0.6 is 0 Å². The SMILES string of the molecule is CC(C)c1nc(C2CC3(CCN(S(=O)(=O)N(C)C)CC3)CN2C)no1. The van der Waals surface area contributed by atoms with Gasteiger partial charge >= 0.3 is 0 Å². The zero-order valence-electron chi connectivity index (χ0n) is 15.8. The first kappa shape index (κ1) is 18.8. The van der Waals surface area contributed by atoms with E-state index in [9.17, 15) is 8.42 Å².